The van der Waals surface area contributed by atoms with Crippen LogP contribution in [0.5, 0.6) is 0 Å². The lowest BCUT2D eigenvalue weighted by Crippen LogP contribution is -2.35. The summed E-state index contributed by atoms with van der Waals surface area (Å²) < 4.78 is 5.31. The second kappa shape index (κ2) is 8.39. The van der Waals surface area contributed by atoms with Crippen molar-refractivity contribution in [2.45, 2.75) is 45.8 Å². The highest BCUT2D eigenvalue weighted by Crippen LogP contribution is 2.21. The van der Waals surface area contributed by atoms with Gasteiger partial charge in [-0.05, 0) is 52.3 Å². The van der Waals surface area contributed by atoms with E-state index in [2.05, 4.69) is 12.2 Å². The maximum atomic E-state index is 11.8. The predicted molar refractivity (Wildman–Crippen MR) is 91.4 cm³/mol. The molecule has 5 heteroatoms. The fraction of sp³-hybridized carbons (Fsp3) is 0.588. The third kappa shape index (κ3) is 6.67. The van der Waals surface area contributed by atoms with Crippen molar-refractivity contribution in [2.75, 3.05) is 20.1 Å². The first kappa shape index (κ1) is 18.8. The van der Waals surface area contributed by atoms with Crippen molar-refractivity contribution in [1.29, 1.82) is 0 Å². The summed E-state index contributed by atoms with van der Waals surface area (Å²) in [6.45, 7) is 9.14. The maximum Gasteiger partial charge on any atom is 0.410 e. The van der Waals surface area contributed by atoms with Crippen LogP contribution in [0.2, 0.25) is 5.02 Å². The first-order chi connectivity index (χ1) is 10.2. The average molecular weight is 327 g/mol. The van der Waals surface area contributed by atoms with Crippen LogP contribution in [0.1, 0.15) is 45.7 Å². The molecule has 1 aromatic rings. The standard InChI is InChI=1S/C17H27ClN2O2/c1-13(14-9-6-7-10-15(14)18)19-11-8-12-20(5)16(21)22-17(2,3)4/h6-7,9-10,13,19H,8,11-12H2,1-5H3. The zero-order valence-electron chi connectivity index (χ0n) is 14.1. The van der Waals surface area contributed by atoms with Crippen LogP contribution in [0, 0.1) is 0 Å². The Kier molecular flexibility index (Phi) is 7.17. The minimum absolute atomic E-state index is 0.181. The lowest BCUT2D eigenvalue weighted by molar-refractivity contribution is 0.0297. The zero-order valence-corrected chi connectivity index (χ0v) is 14.9. The van der Waals surface area contributed by atoms with E-state index in [1.165, 1.54) is 0 Å². The molecule has 1 amide bonds. The summed E-state index contributed by atoms with van der Waals surface area (Å²) in [5.41, 5.74) is 0.631. The molecule has 0 bridgehead atoms. The summed E-state index contributed by atoms with van der Waals surface area (Å²) in [6.07, 6.45) is 0.566. The Morgan fingerprint density at radius 2 is 2.00 bits per heavy atom. The highest BCUT2D eigenvalue weighted by atomic mass is 35.5. The molecule has 22 heavy (non-hydrogen) atoms. The second-order valence-corrected chi connectivity index (χ2v) is 6.86. The van der Waals surface area contributed by atoms with Gasteiger partial charge in [0, 0.05) is 24.7 Å². The highest BCUT2D eigenvalue weighted by molar-refractivity contribution is 6.31. The molecule has 1 atom stereocenters. The summed E-state index contributed by atoms with van der Waals surface area (Å²) in [5, 5.41) is 4.19. The first-order valence-corrected chi connectivity index (χ1v) is 8.00. The largest absolute Gasteiger partial charge is 0.444 e. The minimum atomic E-state index is -0.456. The Morgan fingerprint density at radius 1 is 1.36 bits per heavy atom. The zero-order chi connectivity index (χ0) is 16.8. The van der Waals surface area contributed by atoms with Gasteiger partial charge in [0.2, 0.25) is 0 Å². The number of hydrogen-bond acceptors (Lipinski definition) is 3. The summed E-state index contributed by atoms with van der Waals surface area (Å²) >= 11 is 6.18. The number of rotatable bonds is 6. The molecular formula is C17H27ClN2O2. The molecule has 1 rings (SSSR count). The van der Waals surface area contributed by atoms with Crippen LogP contribution in [0.4, 0.5) is 4.79 Å². The lowest BCUT2D eigenvalue weighted by atomic mass is 10.1. The van der Waals surface area contributed by atoms with Crippen LogP contribution >= 0.6 is 11.6 Å². The topological polar surface area (TPSA) is 41.6 Å². The Morgan fingerprint density at radius 3 is 2.59 bits per heavy atom. The van der Waals surface area contributed by atoms with Crippen molar-refractivity contribution in [2.24, 2.45) is 0 Å². The molecule has 0 radical (unpaired) electrons. The van der Waals surface area contributed by atoms with E-state index < -0.39 is 5.60 Å². The Hall–Kier alpha value is -1.26. The van der Waals surface area contributed by atoms with Crippen molar-refractivity contribution in [3.05, 3.63) is 34.9 Å². The maximum absolute atomic E-state index is 11.8. The third-order valence-electron chi connectivity index (χ3n) is 3.20. The predicted octanol–water partition coefficient (Wildman–Crippen LogP) is 4.25. The van der Waals surface area contributed by atoms with Crippen molar-refractivity contribution < 1.29 is 9.53 Å². The van der Waals surface area contributed by atoms with Gasteiger partial charge in [-0.2, -0.15) is 0 Å². The minimum Gasteiger partial charge on any atom is -0.444 e. The molecule has 0 saturated heterocycles. The number of carbonyl (C=O) groups excluding carboxylic acids is 1. The molecule has 0 aliphatic carbocycles. The van der Waals surface area contributed by atoms with Crippen LogP contribution in [0.3, 0.4) is 0 Å². The summed E-state index contributed by atoms with van der Waals surface area (Å²) in [6, 6.07) is 8.00. The normalized spacial score (nSPS) is 12.8. The van der Waals surface area contributed by atoms with Crippen molar-refractivity contribution in [1.82, 2.24) is 10.2 Å². The molecular weight excluding hydrogens is 300 g/mol. The van der Waals surface area contributed by atoms with E-state index in [1.807, 2.05) is 45.0 Å². The van der Waals surface area contributed by atoms with Gasteiger partial charge in [0.05, 0.1) is 0 Å². The van der Waals surface area contributed by atoms with Gasteiger partial charge in [0.25, 0.3) is 0 Å². The van der Waals surface area contributed by atoms with Crippen LogP contribution in [-0.2, 0) is 4.74 Å². The molecule has 0 aliphatic rings. The fourth-order valence-electron chi connectivity index (χ4n) is 2.00. The van der Waals surface area contributed by atoms with Gasteiger partial charge in [-0.1, -0.05) is 29.8 Å². The summed E-state index contributed by atoms with van der Waals surface area (Å²) in [5.74, 6) is 0. The number of nitrogens with one attached hydrogen (secondary N) is 1. The van der Waals surface area contributed by atoms with Crippen LogP contribution in [0.25, 0.3) is 0 Å². The van der Waals surface area contributed by atoms with E-state index in [-0.39, 0.29) is 12.1 Å². The van der Waals surface area contributed by atoms with Crippen molar-refractivity contribution in [3.8, 4) is 0 Å². The van der Waals surface area contributed by atoms with E-state index in [1.54, 1.807) is 11.9 Å². The van der Waals surface area contributed by atoms with Gasteiger partial charge < -0.3 is 15.0 Å². The van der Waals surface area contributed by atoms with E-state index in [0.29, 0.717) is 6.54 Å². The molecule has 4 nitrogen and oxygen atoms in total. The molecule has 0 aliphatic heterocycles. The van der Waals surface area contributed by atoms with Crippen LogP contribution in [0.15, 0.2) is 24.3 Å². The van der Waals surface area contributed by atoms with E-state index in [4.69, 9.17) is 16.3 Å². The average Bonchev–Trinajstić information content (AvgIpc) is 2.41. The van der Waals surface area contributed by atoms with Gasteiger partial charge >= 0.3 is 6.09 Å². The first-order valence-electron chi connectivity index (χ1n) is 7.62. The number of carbonyl (C=O) groups is 1. The monoisotopic (exact) mass is 326 g/mol. The van der Waals surface area contributed by atoms with Crippen LogP contribution < -0.4 is 5.32 Å². The SMILES string of the molecule is CC(NCCCN(C)C(=O)OC(C)(C)C)c1ccccc1Cl. The van der Waals surface area contributed by atoms with E-state index in [9.17, 15) is 4.79 Å². The van der Waals surface area contributed by atoms with E-state index >= 15 is 0 Å². The number of nitrogens with zero attached hydrogens (tertiary/aromatic N) is 1. The third-order valence-corrected chi connectivity index (χ3v) is 3.54. The Balaban J connectivity index is 2.30. The summed E-state index contributed by atoms with van der Waals surface area (Å²) in [4.78, 5) is 13.4. The van der Waals surface area contributed by atoms with Crippen LogP contribution in [-0.4, -0.2) is 36.7 Å². The number of hydrogen-bond donors (Lipinski definition) is 1. The van der Waals surface area contributed by atoms with Gasteiger partial charge in [0.1, 0.15) is 5.60 Å². The molecule has 1 N–H and O–H groups in total. The number of amides is 1. The molecule has 0 fully saturated rings. The Labute approximate surface area is 138 Å². The molecule has 0 heterocycles. The smallest absolute Gasteiger partial charge is 0.410 e. The van der Waals surface area contributed by atoms with Gasteiger partial charge in [-0.25, -0.2) is 4.79 Å². The molecule has 0 saturated carbocycles. The number of halogens is 1. The van der Waals surface area contributed by atoms with Gasteiger partial charge in [-0.15, -0.1) is 0 Å². The molecule has 0 aromatic heterocycles. The number of benzene rings is 1. The molecule has 1 aromatic carbocycles. The molecule has 124 valence electrons. The molecule has 0 spiro atoms. The quantitative estimate of drug-likeness (QED) is 0.795. The number of ether oxygens (including phenoxy) is 1. The van der Waals surface area contributed by atoms with E-state index in [0.717, 1.165) is 23.6 Å². The summed E-state index contributed by atoms with van der Waals surface area (Å²) in [7, 11) is 1.76. The highest BCUT2D eigenvalue weighted by Gasteiger charge is 2.19. The lowest BCUT2D eigenvalue weighted by Gasteiger charge is -2.25. The van der Waals surface area contributed by atoms with Gasteiger partial charge in [0.15, 0.2) is 0 Å². The fourth-order valence-corrected chi connectivity index (χ4v) is 2.30. The second-order valence-electron chi connectivity index (χ2n) is 6.45. The van der Waals surface area contributed by atoms with Crippen molar-refractivity contribution in [3.63, 3.8) is 0 Å². The van der Waals surface area contributed by atoms with Crippen molar-refractivity contribution >= 4 is 17.7 Å². The van der Waals surface area contributed by atoms with Gasteiger partial charge in [-0.3, -0.25) is 0 Å². The molecule has 1 unspecified atom stereocenters. The Bertz CT molecular complexity index is 486.